The highest BCUT2D eigenvalue weighted by atomic mass is 32.1. The summed E-state index contributed by atoms with van der Waals surface area (Å²) < 4.78 is 1.40. The Bertz CT molecular complexity index is 1020. The van der Waals surface area contributed by atoms with Gasteiger partial charge in [-0.3, -0.25) is 4.90 Å². The number of hydrogen-bond acceptors (Lipinski definition) is 2. The smallest absolute Gasteiger partial charge is 0.0345 e. The predicted octanol–water partition coefficient (Wildman–Crippen LogP) is 6.28. The lowest BCUT2D eigenvalue weighted by Crippen LogP contribution is -2.20. The van der Waals surface area contributed by atoms with Crippen LogP contribution in [0.4, 0.5) is 0 Å². The van der Waals surface area contributed by atoms with Crippen LogP contribution in [-0.2, 0) is 6.54 Å². The monoisotopic (exact) mass is 369 g/mol. The van der Waals surface area contributed by atoms with Crippen LogP contribution in [0.15, 0.2) is 90.3 Å². The third kappa shape index (κ3) is 3.31. The van der Waals surface area contributed by atoms with E-state index in [9.17, 15) is 0 Å². The highest BCUT2D eigenvalue weighted by molar-refractivity contribution is 7.17. The van der Waals surface area contributed by atoms with Crippen molar-refractivity contribution in [2.24, 2.45) is 0 Å². The van der Waals surface area contributed by atoms with Crippen molar-refractivity contribution in [1.82, 2.24) is 4.90 Å². The fourth-order valence-corrected chi connectivity index (χ4v) is 5.52. The van der Waals surface area contributed by atoms with Gasteiger partial charge in [0.15, 0.2) is 0 Å². The van der Waals surface area contributed by atoms with Crippen molar-refractivity contribution < 1.29 is 0 Å². The summed E-state index contributed by atoms with van der Waals surface area (Å²) in [6.45, 7) is 3.27. The van der Waals surface area contributed by atoms with Gasteiger partial charge in [0, 0.05) is 36.2 Å². The molecule has 1 aliphatic rings. The quantitative estimate of drug-likeness (QED) is 0.409. The molecule has 4 aromatic rings. The van der Waals surface area contributed by atoms with Gasteiger partial charge in [0.25, 0.3) is 0 Å². The van der Waals surface area contributed by atoms with Crippen molar-refractivity contribution in [2.45, 2.75) is 18.4 Å². The van der Waals surface area contributed by atoms with E-state index in [2.05, 4.69) is 95.2 Å². The van der Waals surface area contributed by atoms with Gasteiger partial charge in [-0.1, -0.05) is 78.9 Å². The normalized spacial score (nSPS) is 20.3. The first-order chi connectivity index (χ1) is 13.4. The Balaban J connectivity index is 1.50. The number of thiophene rings is 1. The van der Waals surface area contributed by atoms with E-state index in [1.807, 2.05) is 11.3 Å². The Morgan fingerprint density at radius 3 is 2.22 bits per heavy atom. The van der Waals surface area contributed by atoms with Crippen molar-refractivity contribution >= 4 is 21.4 Å². The second kappa shape index (κ2) is 7.30. The lowest BCUT2D eigenvalue weighted by atomic mass is 9.84. The molecule has 134 valence electrons. The third-order valence-electron chi connectivity index (χ3n) is 5.78. The summed E-state index contributed by atoms with van der Waals surface area (Å²) in [7, 11) is 0. The van der Waals surface area contributed by atoms with Crippen molar-refractivity contribution in [1.29, 1.82) is 0 Å². The van der Waals surface area contributed by atoms with E-state index in [-0.39, 0.29) is 0 Å². The molecule has 27 heavy (non-hydrogen) atoms. The van der Waals surface area contributed by atoms with Crippen LogP contribution in [0.3, 0.4) is 0 Å². The average molecular weight is 370 g/mol. The topological polar surface area (TPSA) is 3.24 Å². The van der Waals surface area contributed by atoms with Crippen LogP contribution in [0.25, 0.3) is 10.1 Å². The van der Waals surface area contributed by atoms with Crippen LogP contribution in [-0.4, -0.2) is 18.0 Å². The Morgan fingerprint density at radius 1 is 0.741 bits per heavy atom. The molecular formula is C25H23NS. The van der Waals surface area contributed by atoms with Crippen LogP contribution in [0.1, 0.15) is 28.5 Å². The van der Waals surface area contributed by atoms with Gasteiger partial charge in [-0.15, -0.1) is 11.3 Å². The molecule has 0 bridgehead atoms. The van der Waals surface area contributed by atoms with E-state index in [0.717, 1.165) is 19.6 Å². The van der Waals surface area contributed by atoms with E-state index in [1.165, 1.54) is 26.8 Å². The summed E-state index contributed by atoms with van der Waals surface area (Å²) in [5.74, 6) is 1.10. The first-order valence-electron chi connectivity index (χ1n) is 9.66. The first kappa shape index (κ1) is 16.7. The number of benzene rings is 3. The standard InChI is InChI=1S/C25H23NS/c1-3-9-19(10-4-1)15-26-16-22(20-11-5-2-6-12-20)23(17-26)24-18-27-25-14-8-7-13-21(24)25/h1-14,18,22-23H,15-17H2. The summed E-state index contributed by atoms with van der Waals surface area (Å²) >= 11 is 1.88. The number of hydrogen-bond donors (Lipinski definition) is 0. The fourth-order valence-electron chi connectivity index (χ4n) is 4.49. The summed E-state index contributed by atoms with van der Waals surface area (Å²) in [5, 5.41) is 3.84. The molecule has 1 nitrogen and oxygen atoms in total. The van der Waals surface area contributed by atoms with E-state index in [0.29, 0.717) is 11.8 Å². The second-order valence-corrected chi connectivity index (χ2v) is 8.40. The van der Waals surface area contributed by atoms with E-state index < -0.39 is 0 Å². The second-order valence-electron chi connectivity index (χ2n) is 7.49. The van der Waals surface area contributed by atoms with E-state index >= 15 is 0 Å². The minimum Gasteiger partial charge on any atom is -0.298 e. The van der Waals surface area contributed by atoms with Gasteiger partial charge < -0.3 is 0 Å². The Hall–Kier alpha value is -2.42. The molecule has 1 aromatic heterocycles. The van der Waals surface area contributed by atoms with Crippen molar-refractivity contribution in [3.8, 4) is 0 Å². The van der Waals surface area contributed by atoms with E-state index in [4.69, 9.17) is 0 Å². The van der Waals surface area contributed by atoms with Gasteiger partial charge >= 0.3 is 0 Å². The highest BCUT2D eigenvalue weighted by Crippen LogP contribution is 2.44. The zero-order valence-electron chi connectivity index (χ0n) is 15.3. The van der Waals surface area contributed by atoms with Gasteiger partial charge in [-0.25, -0.2) is 0 Å². The SMILES string of the molecule is c1ccc(CN2CC(c3ccccc3)C(c3csc4ccccc34)C2)cc1. The summed E-state index contributed by atoms with van der Waals surface area (Å²) in [4.78, 5) is 2.63. The molecule has 2 atom stereocenters. The summed E-state index contributed by atoms with van der Waals surface area (Å²) in [6.07, 6.45) is 0. The van der Waals surface area contributed by atoms with Crippen molar-refractivity contribution in [3.63, 3.8) is 0 Å². The van der Waals surface area contributed by atoms with Crippen LogP contribution in [0.5, 0.6) is 0 Å². The minimum absolute atomic E-state index is 0.548. The lowest BCUT2D eigenvalue weighted by molar-refractivity contribution is 0.324. The van der Waals surface area contributed by atoms with Gasteiger partial charge in [-0.2, -0.15) is 0 Å². The zero-order chi connectivity index (χ0) is 18.1. The van der Waals surface area contributed by atoms with Gasteiger partial charge in [-0.05, 0) is 33.5 Å². The lowest BCUT2D eigenvalue weighted by Gasteiger charge is -2.18. The Labute approximate surface area is 164 Å². The van der Waals surface area contributed by atoms with Crippen LogP contribution >= 0.6 is 11.3 Å². The van der Waals surface area contributed by atoms with Crippen molar-refractivity contribution in [2.75, 3.05) is 13.1 Å². The molecule has 1 saturated heterocycles. The predicted molar refractivity (Wildman–Crippen MR) is 115 cm³/mol. The molecule has 0 spiro atoms. The van der Waals surface area contributed by atoms with E-state index in [1.54, 1.807) is 0 Å². The molecule has 2 heterocycles. The molecule has 0 N–H and O–H groups in total. The van der Waals surface area contributed by atoms with Gasteiger partial charge in [0.2, 0.25) is 0 Å². The molecule has 0 radical (unpaired) electrons. The maximum Gasteiger partial charge on any atom is 0.0345 e. The molecule has 3 aromatic carbocycles. The first-order valence-corrected chi connectivity index (χ1v) is 10.5. The minimum atomic E-state index is 0.548. The van der Waals surface area contributed by atoms with Crippen LogP contribution < -0.4 is 0 Å². The largest absolute Gasteiger partial charge is 0.298 e. The molecule has 2 heteroatoms. The maximum absolute atomic E-state index is 2.63. The Kier molecular flexibility index (Phi) is 4.52. The van der Waals surface area contributed by atoms with Gasteiger partial charge in [0.05, 0.1) is 0 Å². The molecule has 0 saturated carbocycles. The summed E-state index contributed by atoms with van der Waals surface area (Å²) in [6, 6.07) is 30.8. The average Bonchev–Trinajstić information content (AvgIpc) is 3.33. The maximum atomic E-state index is 2.63. The zero-order valence-corrected chi connectivity index (χ0v) is 16.1. The van der Waals surface area contributed by atoms with Crippen molar-refractivity contribution in [3.05, 3.63) is 107 Å². The number of fused-ring (bicyclic) bond motifs is 1. The molecule has 1 aliphatic heterocycles. The molecule has 5 rings (SSSR count). The fraction of sp³-hybridized carbons (Fsp3) is 0.200. The molecule has 1 fully saturated rings. The molecule has 0 amide bonds. The number of likely N-dealkylation sites (tertiary alicyclic amines) is 1. The summed E-state index contributed by atoms with van der Waals surface area (Å²) in [5.41, 5.74) is 4.40. The van der Waals surface area contributed by atoms with Gasteiger partial charge in [0.1, 0.15) is 0 Å². The number of rotatable bonds is 4. The third-order valence-corrected chi connectivity index (χ3v) is 6.76. The van der Waals surface area contributed by atoms with Crippen LogP contribution in [0, 0.1) is 0 Å². The highest BCUT2D eigenvalue weighted by Gasteiger charge is 2.35. The van der Waals surface area contributed by atoms with Crippen LogP contribution in [0.2, 0.25) is 0 Å². The Morgan fingerprint density at radius 2 is 1.41 bits per heavy atom. The molecular weight excluding hydrogens is 346 g/mol. The molecule has 2 unspecified atom stereocenters. The molecule has 0 aliphatic carbocycles. The number of nitrogens with zero attached hydrogens (tertiary/aromatic N) is 1.